The Labute approximate surface area is 385 Å². The van der Waals surface area contributed by atoms with E-state index >= 15 is 0 Å². The first kappa shape index (κ1) is 60.2. The Bertz CT molecular complexity index is 874. The molecule has 0 aliphatic heterocycles. The average molecular weight is 883 g/mol. The molecule has 2 N–H and O–H groups in total. The molecule has 0 radical (unpaired) electrons. The Morgan fingerprint density at radius 1 is 0.426 bits per heavy atom. The summed E-state index contributed by atoms with van der Waals surface area (Å²) in [6.45, 7) is 8.87. The van der Waals surface area contributed by atoms with Crippen LogP contribution in [0.2, 0.25) is 0 Å². The molecule has 2 atom stereocenters. The maximum absolute atomic E-state index is 12.7. The molecule has 0 aromatic rings. The molecule has 0 fully saturated rings. The minimum atomic E-state index is -0.958. The minimum absolute atomic E-state index is 0.0606. The van der Waals surface area contributed by atoms with Gasteiger partial charge in [0, 0.05) is 31.1 Å². The molecular weight excluding hydrogens is 775 g/mol. The van der Waals surface area contributed by atoms with Gasteiger partial charge in [-0.15, -0.1) is 0 Å². The Hall–Kier alpha value is -0.790. The first-order valence-electron chi connectivity index (χ1n) is 27.3. The summed E-state index contributed by atoms with van der Waals surface area (Å²) in [6, 6.07) is -0.873. The fraction of sp³-hybridized carbons (Fsp3) is 0.963. The van der Waals surface area contributed by atoms with Crippen LogP contribution in [-0.4, -0.2) is 60.5 Å². The predicted octanol–water partition coefficient (Wildman–Crippen LogP) is 17.1. The summed E-state index contributed by atoms with van der Waals surface area (Å²) < 4.78 is 12.5. The summed E-state index contributed by atoms with van der Waals surface area (Å²) in [4.78, 5) is 24.8. The van der Waals surface area contributed by atoms with E-state index in [1.54, 1.807) is 11.8 Å². The van der Waals surface area contributed by atoms with E-state index in [1.807, 2.05) is 0 Å². The largest absolute Gasteiger partial charge is 0.480 e. The normalized spacial score (nSPS) is 12.6. The molecule has 0 saturated carbocycles. The summed E-state index contributed by atoms with van der Waals surface area (Å²) in [6.07, 6.45) is 54.4. The number of aliphatic carboxylic acids is 1. The van der Waals surface area contributed by atoms with Gasteiger partial charge in [0.25, 0.3) is 0 Å². The van der Waals surface area contributed by atoms with Crippen molar-refractivity contribution in [3.05, 3.63) is 0 Å². The molecule has 1 amide bonds. The van der Waals surface area contributed by atoms with Gasteiger partial charge in [-0.25, -0.2) is 4.79 Å². The Morgan fingerprint density at radius 2 is 0.738 bits per heavy atom. The van der Waals surface area contributed by atoms with Gasteiger partial charge < -0.3 is 19.9 Å². The van der Waals surface area contributed by atoms with Crippen molar-refractivity contribution in [2.75, 3.05) is 31.3 Å². The number of hydrogen-bond donors (Lipinski definition) is 2. The quantitative estimate of drug-likeness (QED) is 0.0592. The fourth-order valence-corrected chi connectivity index (χ4v) is 9.42. The molecule has 0 unspecified atom stereocenters. The maximum atomic E-state index is 12.7. The second-order valence-electron chi connectivity index (χ2n) is 18.7. The first-order valence-corrected chi connectivity index (χ1v) is 28.5. The van der Waals surface area contributed by atoms with Gasteiger partial charge >= 0.3 is 5.97 Å². The molecule has 0 aliphatic carbocycles. The van der Waals surface area contributed by atoms with Crippen LogP contribution in [0.1, 0.15) is 290 Å². The van der Waals surface area contributed by atoms with E-state index in [-0.39, 0.29) is 12.0 Å². The number of thioether (sulfide) groups is 1. The third-order valence-corrected chi connectivity index (χ3v) is 13.7. The molecule has 0 bridgehead atoms. The van der Waals surface area contributed by atoms with Crippen LogP contribution in [0.25, 0.3) is 0 Å². The number of carbonyl (C=O) groups is 2. The van der Waals surface area contributed by atoms with Gasteiger partial charge in [0.2, 0.25) is 5.91 Å². The van der Waals surface area contributed by atoms with Crippen LogP contribution in [0.15, 0.2) is 0 Å². The van der Waals surface area contributed by atoms with Crippen LogP contribution in [0, 0.1) is 0 Å². The lowest BCUT2D eigenvalue weighted by Gasteiger charge is -2.20. The summed E-state index contributed by atoms with van der Waals surface area (Å²) in [5.74, 6) is -0.0777. The monoisotopic (exact) mass is 882 g/mol. The third-order valence-electron chi connectivity index (χ3n) is 12.5. The van der Waals surface area contributed by atoms with Crippen LogP contribution < -0.4 is 5.32 Å². The van der Waals surface area contributed by atoms with E-state index in [4.69, 9.17) is 9.47 Å². The van der Waals surface area contributed by atoms with E-state index in [0.717, 1.165) is 45.3 Å². The van der Waals surface area contributed by atoms with Gasteiger partial charge in [0.1, 0.15) is 6.04 Å². The molecule has 61 heavy (non-hydrogen) atoms. The zero-order chi connectivity index (χ0) is 44.4. The lowest BCUT2D eigenvalue weighted by atomic mass is 10.0. The number of carboxylic acids is 1. The highest BCUT2D eigenvalue weighted by Crippen LogP contribution is 2.17. The molecule has 0 spiro atoms. The van der Waals surface area contributed by atoms with Crippen molar-refractivity contribution in [2.45, 2.75) is 303 Å². The molecule has 0 aromatic carbocycles. The topological polar surface area (TPSA) is 84.9 Å². The lowest BCUT2D eigenvalue weighted by Crippen LogP contribution is -2.42. The number of nitrogens with one attached hydrogen (secondary N) is 1. The van der Waals surface area contributed by atoms with Gasteiger partial charge in [-0.2, -0.15) is 11.8 Å². The van der Waals surface area contributed by atoms with Crippen molar-refractivity contribution >= 4 is 23.6 Å². The standard InChI is InChI=1S/C54H107NO5S/c1-4-7-10-13-16-19-22-25-28-31-34-37-40-43-46-59-48-51(60-47-44-41-38-35-32-29-26-23-20-17-14-11-8-5-2)49-61-50-52(54(57)58)55-53(56)45-42-39-36-33-30-27-24-21-18-15-12-9-6-3/h51-52H,4-50H2,1-3H3,(H,55,56)(H,57,58)/t51-,52+/m1/s1. The maximum Gasteiger partial charge on any atom is 0.327 e. The molecule has 0 rings (SSSR count). The summed E-state index contributed by atoms with van der Waals surface area (Å²) in [5.41, 5.74) is 0. The minimum Gasteiger partial charge on any atom is -0.480 e. The number of carbonyl (C=O) groups excluding carboxylic acids is 1. The number of hydrogen-bond acceptors (Lipinski definition) is 5. The van der Waals surface area contributed by atoms with Crippen LogP contribution >= 0.6 is 11.8 Å². The molecule has 0 aliphatic rings. The third kappa shape index (κ3) is 48.5. The molecular formula is C54H107NO5S. The van der Waals surface area contributed by atoms with Crippen LogP contribution in [0.4, 0.5) is 0 Å². The Morgan fingerprint density at radius 3 is 1.08 bits per heavy atom. The zero-order valence-corrected chi connectivity index (χ0v) is 42.2. The van der Waals surface area contributed by atoms with Crippen molar-refractivity contribution < 1.29 is 24.2 Å². The highest BCUT2D eigenvalue weighted by atomic mass is 32.2. The van der Waals surface area contributed by atoms with Gasteiger partial charge in [-0.05, 0) is 19.3 Å². The number of carboxylic acid groups (broad SMARTS) is 1. The van der Waals surface area contributed by atoms with Crippen LogP contribution in [0.5, 0.6) is 0 Å². The molecule has 0 saturated heterocycles. The second-order valence-corrected chi connectivity index (χ2v) is 19.8. The zero-order valence-electron chi connectivity index (χ0n) is 41.4. The van der Waals surface area contributed by atoms with Crippen molar-refractivity contribution in [2.24, 2.45) is 0 Å². The fourth-order valence-electron chi connectivity index (χ4n) is 8.37. The lowest BCUT2D eigenvalue weighted by molar-refractivity contribution is -0.141. The number of ether oxygens (including phenoxy) is 2. The van der Waals surface area contributed by atoms with E-state index in [0.29, 0.717) is 24.5 Å². The SMILES string of the molecule is CCCCCCCCCCCCCCCCOC[C@H](CSC[C@H](NC(=O)CCCCCCCCCCCCCCC)C(=O)O)OCCCCCCCCCCCCCCCC. The van der Waals surface area contributed by atoms with Crippen LogP contribution in [0.3, 0.4) is 0 Å². The highest BCUT2D eigenvalue weighted by Gasteiger charge is 2.21. The molecule has 7 heteroatoms. The smallest absolute Gasteiger partial charge is 0.327 e. The summed E-state index contributed by atoms with van der Waals surface area (Å²) in [7, 11) is 0. The molecule has 6 nitrogen and oxygen atoms in total. The number of unbranched alkanes of at least 4 members (excludes halogenated alkanes) is 38. The van der Waals surface area contributed by atoms with Crippen molar-refractivity contribution in [3.8, 4) is 0 Å². The summed E-state index contributed by atoms with van der Waals surface area (Å²) in [5, 5.41) is 12.7. The van der Waals surface area contributed by atoms with Crippen molar-refractivity contribution in [3.63, 3.8) is 0 Å². The van der Waals surface area contributed by atoms with Crippen molar-refractivity contribution in [1.82, 2.24) is 5.32 Å². The van der Waals surface area contributed by atoms with Gasteiger partial charge in [-0.3, -0.25) is 4.79 Å². The molecule has 0 aromatic heterocycles. The summed E-state index contributed by atoms with van der Waals surface area (Å²) >= 11 is 1.56. The van der Waals surface area contributed by atoms with Gasteiger partial charge in [0.05, 0.1) is 12.7 Å². The van der Waals surface area contributed by atoms with Gasteiger partial charge in [0.15, 0.2) is 0 Å². The Kier molecular flexibility index (Phi) is 51.2. The number of rotatable bonds is 53. The molecule has 0 heterocycles. The average Bonchev–Trinajstić information content (AvgIpc) is 3.25. The molecule has 364 valence electrons. The predicted molar refractivity (Wildman–Crippen MR) is 268 cm³/mol. The second kappa shape index (κ2) is 51.8. The first-order chi connectivity index (χ1) is 30.0. The number of amides is 1. The Balaban J connectivity index is 4.35. The van der Waals surface area contributed by atoms with E-state index in [2.05, 4.69) is 26.1 Å². The van der Waals surface area contributed by atoms with E-state index in [1.165, 1.54) is 231 Å². The van der Waals surface area contributed by atoms with E-state index in [9.17, 15) is 14.7 Å². The van der Waals surface area contributed by atoms with E-state index < -0.39 is 12.0 Å². The van der Waals surface area contributed by atoms with Crippen molar-refractivity contribution in [1.29, 1.82) is 0 Å². The highest BCUT2D eigenvalue weighted by molar-refractivity contribution is 7.99. The van der Waals surface area contributed by atoms with Gasteiger partial charge in [-0.1, -0.05) is 265 Å². The van der Waals surface area contributed by atoms with Crippen LogP contribution in [-0.2, 0) is 19.1 Å².